The molecule has 6 nitrogen and oxygen atoms in total. The molecule has 0 spiro atoms. The molecule has 0 saturated carbocycles. The van der Waals surface area contributed by atoms with Gasteiger partial charge in [0, 0.05) is 49.7 Å². The van der Waals surface area contributed by atoms with Gasteiger partial charge in [0.1, 0.15) is 16.9 Å². The van der Waals surface area contributed by atoms with Gasteiger partial charge >= 0.3 is 0 Å². The Bertz CT molecular complexity index is 1230. The number of hydrogen-bond acceptors (Lipinski definition) is 6. The van der Waals surface area contributed by atoms with Crippen molar-refractivity contribution in [3.63, 3.8) is 0 Å². The Hall–Kier alpha value is -3.36. The summed E-state index contributed by atoms with van der Waals surface area (Å²) in [6.07, 6.45) is 0. The molecule has 2 heterocycles. The number of rotatable bonds is 5. The molecule has 1 saturated heterocycles. The molecule has 1 fully saturated rings. The number of carbonyl (C=O) groups is 1. The second-order valence-electron chi connectivity index (χ2n) is 7.79. The maximum Gasteiger partial charge on any atom is 0.257 e. The zero-order valence-corrected chi connectivity index (χ0v) is 18.2. The summed E-state index contributed by atoms with van der Waals surface area (Å²) >= 11 is 1.10. The summed E-state index contributed by atoms with van der Waals surface area (Å²) in [5.74, 6) is -0.340. The fourth-order valence-corrected chi connectivity index (χ4v) is 4.52. The number of nitrogens with zero attached hydrogens (tertiary/aromatic N) is 4. The highest BCUT2D eigenvalue weighted by Crippen LogP contribution is 2.22. The molecule has 3 aromatic carbocycles. The van der Waals surface area contributed by atoms with E-state index in [1.807, 2.05) is 48.5 Å². The molecule has 1 amide bonds. The van der Waals surface area contributed by atoms with Gasteiger partial charge in [0.05, 0.1) is 17.3 Å². The zero-order valence-electron chi connectivity index (χ0n) is 17.4. The van der Waals surface area contributed by atoms with E-state index in [-0.39, 0.29) is 11.7 Å². The Kier molecular flexibility index (Phi) is 5.79. The summed E-state index contributed by atoms with van der Waals surface area (Å²) in [5, 5.41) is 2.95. The standard InChI is InChI=1S/C24H22FN5OS/c25-21-6-2-1-4-17(21)16-29-12-14-30(15-13-29)19-10-8-18(9-11-19)26-24(31)20-5-3-7-22-23(20)28-32-27-22/h1-11H,12-16H2,(H,26,31). The van der Waals surface area contributed by atoms with Gasteiger partial charge in [0.2, 0.25) is 0 Å². The molecule has 0 radical (unpaired) electrons. The van der Waals surface area contributed by atoms with Gasteiger partial charge in [-0.1, -0.05) is 24.3 Å². The SMILES string of the molecule is O=C(Nc1ccc(N2CCN(Cc3ccccc3F)CC2)cc1)c1cccc2nsnc12. The molecule has 1 aliphatic rings. The smallest absolute Gasteiger partial charge is 0.257 e. The minimum absolute atomic E-state index is 0.144. The van der Waals surface area contributed by atoms with Crippen molar-refractivity contribution in [2.45, 2.75) is 6.54 Å². The van der Waals surface area contributed by atoms with Crippen molar-refractivity contribution in [2.24, 2.45) is 0 Å². The lowest BCUT2D eigenvalue weighted by molar-refractivity contribution is 0.102. The quantitative estimate of drug-likeness (QED) is 0.491. The third kappa shape index (κ3) is 4.32. The van der Waals surface area contributed by atoms with Crippen LogP contribution in [0.2, 0.25) is 0 Å². The minimum Gasteiger partial charge on any atom is -0.369 e. The average molecular weight is 448 g/mol. The zero-order chi connectivity index (χ0) is 21.9. The van der Waals surface area contributed by atoms with Gasteiger partial charge in [-0.25, -0.2) is 4.39 Å². The van der Waals surface area contributed by atoms with Gasteiger partial charge in [-0.2, -0.15) is 8.75 Å². The number of piperazine rings is 1. The second-order valence-corrected chi connectivity index (χ2v) is 8.32. The normalized spacial score (nSPS) is 14.6. The summed E-state index contributed by atoms with van der Waals surface area (Å²) in [6.45, 7) is 4.13. The topological polar surface area (TPSA) is 61.4 Å². The number of aromatic nitrogens is 2. The van der Waals surface area contributed by atoms with Crippen LogP contribution in [0.4, 0.5) is 15.8 Å². The second kappa shape index (κ2) is 9.02. The van der Waals surface area contributed by atoms with Crippen LogP contribution in [-0.4, -0.2) is 45.7 Å². The van der Waals surface area contributed by atoms with Crippen molar-refractivity contribution in [3.8, 4) is 0 Å². The van der Waals surface area contributed by atoms with Crippen LogP contribution >= 0.6 is 11.7 Å². The van der Waals surface area contributed by atoms with Crippen molar-refractivity contribution in [2.75, 3.05) is 36.4 Å². The van der Waals surface area contributed by atoms with Gasteiger partial charge in [0.15, 0.2) is 0 Å². The highest BCUT2D eigenvalue weighted by molar-refractivity contribution is 7.00. The fourth-order valence-electron chi connectivity index (χ4n) is 3.98. The van der Waals surface area contributed by atoms with Crippen molar-refractivity contribution in [1.82, 2.24) is 13.6 Å². The summed E-state index contributed by atoms with van der Waals surface area (Å²) in [4.78, 5) is 17.3. The third-order valence-corrected chi connectivity index (χ3v) is 6.29. The lowest BCUT2D eigenvalue weighted by atomic mass is 10.1. The molecule has 0 atom stereocenters. The van der Waals surface area contributed by atoms with E-state index in [4.69, 9.17) is 0 Å². The summed E-state index contributed by atoms with van der Waals surface area (Å²) < 4.78 is 22.3. The number of nitrogens with one attached hydrogen (secondary N) is 1. The van der Waals surface area contributed by atoms with Crippen molar-refractivity contribution in [1.29, 1.82) is 0 Å². The van der Waals surface area contributed by atoms with Gasteiger partial charge < -0.3 is 10.2 Å². The van der Waals surface area contributed by atoms with Crippen LogP contribution in [0, 0.1) is 5.82 Å². The maximum atomic E-state index is 13.9. The molecule has 4 aromatic rings. The first-order chi connectivity index (χ1) is 15.7. The highest BCUT2D eigenvalue weighted by atomic mass is 32.1. The Labute approximate surface area is 189 Å². The molecule has 0 bridgehead atoms. The first-order valence-corrected chi connectivity index (χ1v) is 11.2. The number of benzene rings is 3. The number of amides is 1. The van der Waals surface area contributed by atoms with Crippen molar-refractivity contribution >= 4 is 40.0 Å². The molecule has 1 N–H and O–H groups in total. The largest absolute Gasteiger partial charge is 0.369 e. The van der Waals surface area contributed by atoms with Gasteiger partial charge in [-0.05, 0) is 42.5 Å². The molecule has 8 heteroatoms. The summed E-state index contributed by atoms with van der Waals surface area (Å²) in [5.41, 5.74) is 4.46. The van der Waals surface area contributed by atoms with E-state index < -0.39 is 0 Å². The third-order valence-electron chi connectivity index (χ3n) is 5.75. The molecule has 162 valence electrons. The Morgan fingerprint density at radius 2 is 1.72 bits per heavy atom. The maximum absolute atomic E-state index is 13.9. The molecular weight excluding hydrogens is 425 g/mol. The summed E-state index contributed by atoms with van der Waals surface area (Å²) in [7, 11) is 0. The predicted octanol–water partition coefficient (Wildman–Crippen LogP) is 4.40. The Morgan fingerprint density at radius 1 is 0.938 bits per heavy atom. The van der Waals surface area contributed by atoms with Crippen LogP contribution < -0.4 is 10.2 Å². The molecule has 0 aliphatic carbocycles. The summed E-state index contributed by atoms with van der Waals surface area (Å²) in [6, 6.07) is 20.3. The molecule has 0 unspecified atom stereocenters. The number of anilines is 2. The van der Waals surface area contributed by atoms with E-state index in [9.17, 15) is 9.18 Å². The van der Waals surface area contributed by atoms with E-state index in [1.54, 1.807) is 12.1 Å². The van der Waals surface area contributed by atoms with Crippen LogP contribution in [0.5, 0.6) is 0 Å². The molecule has 1 aromatic heterocycles. The van der Waals surface area contributed by atoms with Crippen LogP contribution in [0.3, 0.4) is 0 Å². The van der Waals surface area contributed by atoms with Crippen molar-refractivity contribution in [3.05, 3.63) is 83.7 Å². The highest BCUT2D eigenvalue weighted by Gasteiger charge is 2.19. The average Bonchev–Trinajstić information content (AvgIpc) is 3.31. The van der Waals surface area contributed by atoms with Crippen molar-refractivity contribution < 1.29 is 9.18 Å². The van der Waals surface area contributed by atoms with Crippen LogP contribution in [-0.2, 0) is 6.54 Å². The van der Waals surface area contributed by atoms with E-state index >= 15 is 0 Å². The van der Waals surface area contributed by atoms with Crippen LogP contribution in [0.1, 0.15) is 15.9 Å². The van der Waals surface area contributed by atoms with E-state index in [0.29, 0.717) is 17.6 Å². The Morgan fingerprint density at radius 3 is 2.50 bits per heavy atom. The molecular formula is C24H22FN5OS. The number of carbonyl (C=O) groups excluding carboxylic acids is 1. The first kappa shape index (κ1) is 20.5. The fraction of sp³-hybridized carbons (Fsp3) is 0.208. The van der Waals surface area contributed by atoms with E-state index in [2.05, 4.69) is 23.9 Å². The number of hydrogen-bond donors (Lipinski definition) is 1. The molecule has 1 aliphatic heterocycles. The van der Waals surface area contributed by atoms with Gasteiger partial charge in [-0.15, -0.1) is 0 Å². The lowest BCUT2D eigenvalue weighted by Crippen LogP contribution is -2.46. The van der Waals surface area contributed by atoms with Gasteiger partial charge in [-0.3, -0.25) is 9.69 Å². The predicted molar refractivity (Wildman–Crippen MR) is 126 cm³/mol. The Balaban J connectivity index is 1.19. The minimum atomic E-state index is -0.196. The van der Waals surface area contributed by atoms with Crippen LogP contribution in [0.25, 0.3) is 11.0 Å². The molecule has 32 heavy (non-hydrogen) atoms. The molecule has 5 rings (SSSR count). The number of halogens is 1. The van der Waals surface area contributed by atoms with Crippen LogP contribution in [0.15, 0.2) is 66.7 Å². The lowest BCUT2D eigenvalue weighted by Gasteiger charge is -2.36. The van der Waals surface area contributed by atoms with E-state index in [1.165, 1.54) is 6.07 Å². The monoisotopic (exact) mass is 447 g/mol. The van der Waals surface area contributed by atoms with E-state index in [0.717, 1.165) is 60.4 Å². The van der Waals surface area contributed by atoms with Gasteiger partial charge in [0.25, 0.3) is 5.91 Å². The number of fused-ring (bicyclic) bond motifs is 1. The first-order valence-electron chi connectivity index (χ1n) is 10.5.